The quantitative estimate of drug-likeness (QED) is 0.122. The maximum Gasteiger partial charge on any atom is 0.344 e. The molecule has 1 saturated heterocycles. The standard InChI is InChI=1S/C25H17N3O9S/c29-23-22(38-25(31)26(23)9-10-36-20-6-2-1-3-7-20)12-16-5-4-8-21(11-16)37-24(30)17-13-18(27(32)33)15-19(14-17)28(34)35/h1-8,11-15H,9-10H2/b22-12-. The Labute approximate surface area is 218 Å². The molecule has 0 unspecified atom stereocenters. The summed E-state index contributed by atoms with van der Waals surface area (Å²) < 4.78 is 10.8. The van der Waals surface area contributed by atoms with Crippen LogP contribution in [0.5, 0.6) is 11.5 Å². The largest absolute Gasteiger partial charge is 0.492 e. The molecule has 1 heterocycles. The second-order valence-electron chi connectivity index (χ2n) is 7.71. The molecule has 1 aliphatic rings. The molecule has 192 valence electrons. The van der Waals surface area contributed by atoms with Gasteiger partial charge in [0, 0.05) is 12.1 Å². The van der Waals surface area contributed by atoms with E-state index in [2.05, 4.69) is 0 Å². The van der Waals surface area contributed by atoms with Crippen LogP contribution in [0.3, 0.4) is 0 Å². The van der Waals surface area contributed by atoms with E-state index in [0.29, 0.717) is 11.3 Å². The predicted octanol–water partition coefficient (Wildman–Crippen LogP) is 4.84. The molecule has 2 amide bonds. The Morgan fingerprint density at radius 2 is 1.55 bits per heavy atom. The van der Waals surface area contributed by atoms with Gasteiger partial charge in [0.25, 0.3) is 22.5 Å². The van der Waals surface area contributed by atoms with Gasteiger partial charge in [0.15, 0.2) is 0 Å². The summed E-state index contributed by atoms with van der Waals surface area (Å²) in [6.07, 6.45) is 1.46. The molecule has 0 saturated carbocycles. The van der Waals surface area contributed by atoms with Crippen LogP contribution in [0.2, 0.25) is 0 Å². The molecule has 3 aromatic rings. The summed E-state index contributed by atoms with van der Waals surface area (Å²) in [4.78, 5) is 59.3. The van der Waals surface area contributed by atoms with Crippen LogP contribution in [0.25, 0.3) is 6.08 Å². The van der Waals surface area contributed by atoms with E-state index in [1.807, 2.05) is 6.07 Å². The van der Waals surface area contributed by atoms with E-state index in [-0.39, 0.29) is 29.4 Å². The van der Waals surface area contributed by atoms with Crippen molar-refractivity contribution < 1.29 is 33.7 Å². The number of para-hydroxylation sites is 1. The molecule has 0 aliphatic carbocycles. The smallest absolute Gasteiger partial charge is 0.344 e. The van der Waals surface area contributed by atoms with Gasteiger partial charge in [-0.15, -0.1) is 0 Å². The van der Waals surface area contributed by atoms with Gasteiger partial charge in [-0.3, -0.25) is 34.7 Å². The highest BCUT2D eigenvalue weighted by Gasteiger charge is 2.34. The highest BCUT2D eigenvalue weighted by Crippen LogP contribution is 2.32. The lowest BCUT2D eigenvalue weighted by Gasteiger charge is -2.13. The second kappa shape index (κ2) is 11.3. The first-order chi connectivity index (χ1) is 18.2. The third kappa shape index (κ3) is 6.20. The summed E-state index contributed by atoms with van der Waals surface area (Å²) in [6, 6.07) is 17.4. The number of hydrogen-bond donors (Lipinski definition) is 0. The minimum absolute atomic E-state index is 0.0217. The maximum atomic E-state index is 12.7. The van der Waals surface area contributed by atoms with E-state index in [1.54, 1.807) is 30.3 Å². The van der Waals surface area contributed by atoms with Crippen LogP contribution in [0.1, 0.15) is 15.9 Å². The number of carbonyl (C=O) groups excluding carboxylic acids is 3. The fraction of sp³-hybridized carbons (Fsp3) is 0.0800. The van der Waals surface area contributed by atoms with Crippen molar-refractivity contribution in [1.82, 2.24) is 4.90 Å². The number of nitro benzene ring substituents is 2. The van der Waals surface area contributed by atoms with Crippen LogP contribution < -0.4 is 9.47 Å². The van der Waals surface area contributed by atoms with Gasteiger partial charge in [0.05, 0.1) is 32.9 Å². The zero-order valence-corrected chi connectivity index (χ0v) is 20.2. The predicted molar refractivity (Wildman–Crippen MR) is 136 cm³/mol. The molecule has 0 bridgehead atoms. The topological polar surface area (TPSA) is 159 Å². The Balaban J connectivity index is 1.45. The summed E-state index contributed by atoms with van der Waals surface area (Å²) in [5, 5.41) is 21.7. The number of carbonyl (C=O) groups is 3. The fourth-order valence-electron chi connectivity index (χ4n) is 3.37. The van der Waals surface area contributed by atoms with Gasteiger partial charge in [0.1, 0.15) is 18.1 Å². The van der Waals surface area contributed by atoms with E-state index in [0.717, 1.165) is 34.9 Å². The maximum absolute atomic E-state index is 12.7. The Kier molecular flexibility index (Phi) is 7.77. The van der Waals surface area contributed by atoms with Gasteiger partial charge in [-0.25, -0.2) is 4.79 Å². The van der Waals surface area contributed by atoms with E-state index in [1.165, 1.54) is 24.3 Å². The molecule has 1 fully saturated rings. The zero-order chi connectivity index (χ0) is 27.2. The molecular formula is C25H17N3O9S. The van der Waals surface area contributed by atoms with Crippen molar-refractivity contribution >= 4 is 46.3 Å². The lowest BCUT2D eigenvalue weighted by atomic mass is 10.1. The van der Waals surface area contributed by atoms with Gasteiger partial charge in [0.2, 0.25) is 0 Å². The van der Waals surface area contributed by atoms with Gasteiger partial charge in [-0.05, 0) is 47.7 Å². The molecule has 0 spiro atoms. The minimum Gasteiger partial charge on any atom is -0.492 e. The van der Waals surface area contributed by atoms with Crippen LogP contribution in [-0.2, 0) is 4.79 Å². The Hall–Kier alpha value is -5.04. The third-order valence-corrected chi connectivity index (χ3v) is 6.03. The molecule has 12 nitrogen and oxygen atoms in total. The molecular weight excluding hydrogens is 518 g/mol. The Bertz CT molecular complexity index is 1440. The molecule has 3 aromatic carbocycles. The minimum atomic E-state index is -1.05. The number of non-ortho nitro benzene ring substituents is 2. The number of amides is 2. The number of nitrogens with zero attached hydrogens (tertiary/aromatic N) is 3. The molecule has 0 aromatic heterocycles. The van der Waals surface area contributed by atoms with E-state index >= 15 is 0 Å². The van der Waals surface area contributed by atoms with Crippen molar-refractivity contribution in [2.45, 2.75) is 0 Å². The monoisotopic (exact) mass is 535 g/mol. The number of benzene rings is 3. The highest BCUT2D eigenvalue weighted by molar-refractivity contribution is 8.18. The molecule has 38 heavy (non-hydrogen) atoms. The average Bonchev–Trinajstić information content (AvgIpc) is 3.16. The SMILES string of the molecule is O=C(Oc1cccc(/C=C2\SC(=O)N(CCOc3ccccc3)C2=O)c1)c1cc([N+](=O)[O-])cc([N+](=O)[O-])c1. The summed E-state index contributed by atoms with van der Waals surface area (Å²) in [5.41, 5.74) is -1.21. The molecule has 0 atom stereocenters. The number of ether oxygens (including phenoxy) is 2. The number of esters is 1. The Morgan fingerprint density at radius 1 is 0.895 bits per heavy atom. The van der Waals surface area contributed by atoms with Crippen molar-refractivity contribution in [3.63, 3.8) is 0 Å². The van der Waals surface area contributed by atoms with Crippen molar-refractivity contribution in [2.24, 2.45) is 0 Å². The van der Waals surface area contributed by atoms with Crippen molar-refractivity contribution in [1.29, 1.82) is 0 Å². The van der Waals surface area contributed by atoms with Gasteiger partial charge >= 0.3 is 5.97 Å². The van der Waals surface area contributed by atoms with E-state index < -0.39 is 38.3 Å². The molecule has 1 aliphatic heterocycles. The average molecular weight is 535 g/mol. The highest BCUT2D eigenvalue weighted by atomic mass is 32.2. The lowest BCUT2D eigenvalue weighted by Crippen LogP contribution is -2.32. The summed E-state index contributed by atoms with van der Waals surface area (Å²) in [6.45, 7) is 0.181. The van der Waals surface area contributed by atoms with Gasteiger partial charge in [-0.1, -0.05) is 30.3 Å². The fourth-order valence-corrected chi connectivity index (χ4v) is 4.24. The van der Waals surface area contributed by atoms with Gasteiger partial charge in [-0.2, -0.15) is 0 Å². The first-order valence-corrected chi connectivity index (χ1v) is 11.7. The zero-order valence-electron chi connectivity index (χ0n) is 19.3. The van der Waals surface area contributed by atoms with Crippen molar-refractivity contribution in [2.75, 3.05) is 13.2 Å². The number of rotatable bonds is 9. The number of nitro groups is 2. The van der Waals surface area contributed by atoms with E-state index in [4.69, 9.17) is 9.47 Å². The first-order valence-electron chi connectivity index (χ1n) is 10.9. The molecule has 13 heteroatoms. The third-order valence-electron chi connectivity index (χ3n) is 5.13. The number of thioether (sulfide) groups is 1. The number of imide groups is 1. The lowest BCUT2D eigenvalue weighted by molar-refractivity contribution is -0.394. The van der Waals surface area contributed by atoms with Crippen molar-refractivity contribution in [3.05, 3.63) is 109 Å². The second-order valence-corrected chi connectivity index (χ2v) is 8.70. The molecule has 0 N–H and O–H groups in total. The summed E-state index contributed by atoms with van der Waals surface area (Å²) in [5.74, 6) is -0.912. The van der Waals surface area contributed by atoms with Crippen LogP contribution in [0.4, 0.5) is 16.2 Å². The normalized spacial score (nSPS) is 14.0. The van der Waals surface area contributed by atoms with Gasteiger partial charge < -0.3 is 9.47 Å². The number of hydrogen-bond acceptors (Lipinski definition) is 10. The van der Waals surface area contributed by atoms with Crippen LogP contribution in [0.15, 0.2) is 77.7 Å². The molecule has 0 radical (unpaired) electrons. The van der Waals surface area contributed by atoms with Crippen molar-refractivity contribution in [3.8, 4) is 11.5 Å². The Morgan fingerprint density at radius 3 is 2.21 bits per heavy atom. The first kappa shape index (κ1) is 26.0. The van der Waals surface area contributed by atoms with Crippen LogP contribution >= 0.6 is 11.8 Å². The van der Waals surface area contributed by atoms with Crippen LogP contribution in [0, 0.1) is 20.2 Å². The summed E-state index contributed by atoms with van der Waals surface area (Å²) in [7, 11) is 0. The van der Waals surface area contributed by atoms with E-state index in [9.17, 15) is 34.6 Å². The summed E-state index contributed by atoms with van der Waals surface area (Å²) >= 11 is 0.756. The van der Waals surface area contributed by atoms with Crippen LogP contribution in [-0.4, -0.2) is 45.0 Å². The molecule has 4 rings (SSSR count).